The second-order valence-corrected chi connectivity index (χ2v) is 7.05. The first kappa shape index (κ1) is 15.1. The van der Waals surface area contributed by atoms with Crippen molar-refractivity contribution in [2.45, 2.75) is 49.8 Å². The Bertz CT molecular complexity index is 407. The fourth-order valence-corrected chi connectivity index (χ4v) is 4.03. The number of hydrogen-bond acceptors (Lipinski definition) is 2. The SMILES string of the molecule is NC(CSC1CCCCC1)Cc1ccc(F)c(Cl)c1. The van der Waals surface area contributed by atoms with E-state index < -0.39 is 0 Å². The number of rotatable bonds is 5. The van der Waals surface area contributed by atoms with Crippen molar-refractivity contribution in [3.05, 3.63) is 34.6 Å². The number of halogens is 2. The summed E-state index contributed by atoms with van der Waals surface area (Å²) in [5.41, 5.74) is 7.17. The lowest BCUT2D eigenvalue weighted by atomic mass is 10.0. The first-order valence-electron chi connectivity index (χ1n) is 6.96. The second-order valence-electron chi connectivity index (χ2n) is 5.31. The number of nitrogens with two attached hydrogens (primary N) is 1. The maximum absolute atomic E-state index is 13.1. The molecule has 0 radical (unpaired) electrons. The molecule has 0 saturated heterocycles. The number of benzene rings is 1. The van der Waals surface area contributed by atoms with Gasteiger partial charge in [-0.25, -0.2) is 4.39 Å². The van der Waals surface area contributed by atoms with Gasteiger partial charge in [-0.1, -0.05) is 36.9 Å². The quantitative estimate of drug-likeness (QED) is 0.871. The Morgan fingerprint density at radius 2 is 2.05 bits per heavy atom. The minimum atomic E-state index is -0.365. The smallest absolute Gasteiger partial charge is 0.141 e. The molecule has 0 aliphatic heterocycles. The molecule has 0 heterocycles. The van der Waals surface area contributed by atoms with Gasteiger partial charge in [-0.2, -0.15) is 11.8 Å². The summed E-state index contributed by atoms with van der Waals surface area (Å²) in [4.78, 5) is 0. The van der Waals surface area contributed by atoms with Gasteiger partial charge >= 0.3 is 0 Å². The minimum absolute atomic E-state index is 0.119. The summed E-state index contributed by atoms with van der Waals surface area (Å²) in [5, 5.41) is 0.973. The standard InChI is InChI=1S/C15H21ClFNS/c16-14-9-11(6-7-15(14)17)8-12(18)10-19-13-4-2-1-3-5-13/h6-7,9,12-13H,1-5,8,10,18H2. The van der Waals surface area contributed by atoms with Crippen molar-refractivity contribution >= 4 is 23.4 Å². The zero-order chi connectivity index (χ0) is 13.7. The second kappa shape index (κ2) is 7.51. The van der Waals surface area contributed by atoms with Crippen molar-refractivity contribution in [1.29, 1.82) is 0 Å². The van der Waals surface area contributed by atoms with Crippen LogP contribution in [0.25, 0.3) is 0 Å². The molecule has 4 heteroatoms. The predicted molar refractivity (Wildman–Crippen MR) is 82.4 cm³/mol. The Labute approximate surface area is 124 Å². The van der Waals surface area contributed by atoms with Gasteiger partial charge in [0.15, 0.2) is 0 Å². The summed E-state index contributed by atoms with van der Waals surface area (Å²) in [6.45, 7) is 0. The highest BCUT2D eigenvalue weighted by Gasteiger charge is 2.15. The van der Waals surface area contributed by atoms with Crippen LogP contribution in [0.5, 0.6) is 0 Å². The molecule has 0 spiro atoms. The normalized spacial score (nSPS) is 18.5. The Balaban J connectivity index is 1.76. The molecular weight excluding hydrogens is 281 g/mol. The van der Waals surface area contributed by atoms with Gasteiger partial charge in [0.2, 0.25) is 0 Å². The van der Waals surface area contributed by atoms with Crippen LogP contribution >= 0.6 is 23.4 Å². The zero-order valence-corrected chi connectivity index (χ0v) is 12.7. The van der Waals surface area contributed by atoms with Gasteiger partial charge in [0.05, 0.1) is 5.02 Å². The molecule has 1 nitrogen and oxygen atoms in total. The van der Waals surface area contributed by atoms with Crippen molar-refractivity contribution in [3.8, 4) is 0 Å². The van der Waals surface area contributed by atoms with Gasteiger partial charge in [-0.05, 0) is 37.0 Å². The molecule has 106 valence electrons. The van der Waals surface area contributed by atoms with E-state index in [1.807, 2.05) is 11.8 Å². The Morgan fingerprint density at radius 1 is 1.32 bits per heavy atom. The lowest BCUT2D eigenvalue weighted by Crippen LogP contribution is -2.27. The molecule has 1 saturated carbocycles. The molecule has 2 rings (SSSR count). The predicted octanol–water partition coefficient (Wildman–Crippen LogP) is 4.41. The van der Waals surface area contributed by atoms with E-state index in [9.17, 15) is 4.39 Å². The van der Waals surface area contributed by atoms with E-state index in [2.05, 4.69) is 0 Å². The third-order valence-corrected chi connectivity index (χ3v) is 5.43. The fraction of sp³-hybridized carbons (Fsp3) is 0.600. The molecule has 1 aliphatic carbocycles. The number of thioether (sulfide) groups is 1. The van der Waals surface area contributed by atoms with E-state index in [0.29, 0.717) is 0 Å². The van der Waals surface area contributed by atoms with Crippen LogP contribution in [0.4, 0.5) is 4.39 Å². The average Bonchev–Trinajstić information content (AvgIpc) is 2.42. The van der Waals surface area contributed by atoms with E-state index in [1.54, 1.807) is 12.1 Å². The van der Waals surface area contributed by atoms with Crippen molar-refractivity contribution < 1.29 is 4.39 Å². The van der Waals surface area contributed by atoms with E-state index in [0.717, 1.165) is 23.0 Å². The lowest BCUT2D eigenvalue weighted by molar-refractivity contribution is 0.515. The van der Waals surface area contributed by atoms with Crippen molar-refractivity contribution in [3.63, 3.8) is 0 Å². The van der Waals surface area contributed by atoms with Crippen LogP contribution < -0.4 is 5.73 Å². The van der Waals surface area contributed by atoms with Gasteiger partial charge in [0.1, 0.15) is 5.82 Å². The molecule has 0 aromatic heterocycles. The van der Waals surface area contributed by atoms with Crippen LogP contribution in [0.2, 0.25) is 5.02 Å². The molecule has 1 aliphatic rings. The van der Waals surface area contributed by atoms with Gasteiger partial charge < -0.3 is 5.73 Å². The summed E-state index contributed by atoms with van der Waals surface area (Å²) in [6, 6.07) is 4.99. The monoisotopic (exact) mass is 301 g/mol. The fourth-order valence-electron chi connectivity index (χ4n) is 2.52. The first-order valence-corrected chi connectivity index (χ1v) is 8.39. The Morgan fingerprint density at radius 3 is 2.74 bits per heavy atom. The molecule has 0 amide bonds. The van der Waals surface area contributed by atoms with Crippen molar-refractivity contribution in [2.24, 2.45) is 5.73 Å². The largest absolute Gasteiger partial charge is 0.327 e. The van der Waals surface area contributed by atoms with Crippen molar-refractivity contribution in [1.82, 2.24) is 0 Å². The van der Waals surface area contributed by atoms with E-state index in [-0.39, 0.29) is 16.9 Å². The average molecular weight is 302 g/mol. The van der Waals surface area contributed by atoms with E-state index >= 15 is 0 Å². The van der Waals surface area contributed by atoms with Gasteiger partial charge in [-0.15, -0.1) is 0 Å². The van der Waals surface area contributed by atoms with Gasteiger partial charge in [0.25, 0.3) is 0 Å². The highest BCUT2D eigenvalue weighted by Crippen LogP contribution is 2.28. The molecule has 1 fully saturated rings. The molecule has 0 bridgehead atoms. The highest BCUT2D eigenvalue weighted by atomic mass is 35.5. The molecular formula is C15H21ClFNS. The minimum Gasteiger partial charge on any atom is -0.327 e. The maximum Gasteiger partial charge on any atom is 0.141 e. The number of hydrogen-bond donors (Lipinski definition) is 1. The summed E-state index contributed by atoms with van der Waals surface area (Å²) >= 11 is 7.78. The van der Waals surface area contributed by atoms with Gasteiger partial charge in [0, 0.05) is 17.0 Å². The summed E-state index contributed by atoms with van der Waals surface area (Å²) < 4.78 is 13.1. The summed E-state index contributed by atoms with van der Waals surface area (Å²) in [7, 11) is 0. The third-order valence-electron chi connectivity index (χ3n) is 3.58. The maximum atomic E-state index is 13.1. The van der Waals surface area contributed by atoms with E-state index in [4.69, 9.17) is 17.3 Å². The Hall–Kier alpha value is -0.250. The topological polar surface area (TPSA) is 26.0 Å². The molecule has 19 heavy (non-hydrogen) atoms. The summed E-state index contributed by atoms with van der Waals surface area (Å²) in [6.07, 6.45) is 7.54. The molecule has 2 N–H and O–H groups in total. The van der Waals surface area contributed by atoms with Crippen molar-refractivity contribution in [2.75, 3.05) is 5.75 Å². The van der Waals surface area contributed by atoms with Crippen LogP contribution in [0, 0.1) is 5.82 Å². The van der Waals surface area contributed by atoms with Crippen LogP contribution in [-0.4, -0.2) is 17.0 Å². The summed E-state index contributed by atoms with van der Waals surface area (Å²) in [5.74, 6) is 0.607. The molecule has 1 aromatic carbocycles. The van der Waals surface area contributed by atoms with Crippen LogP contribution in [0.3, 0.4) is 0 Å². The van der Waals surface area contributed by atoms with Crippen LogP contribution in [0.15, 0.2) is 18.2 Å². The highest BCUT2D eigenvalue weighted by molar-refractivity contribution is 7.99. The molecule has 1 aromatic rings. The van der Waals surface area contributed by atoms with Crippen LogP contribution in [-0.2, 0) is 6.42 Å². The van der Waals surface area contributed by atoms with Crippen LogP contribution in [0.1, 0.15) is 37.7 Å². The zero-order valence-electron chi connectivity index (χ0n) is 11.1. The molecule has 1 unspecified atom stereocenters. The Kier molecular flexibility index (Phi) is 5.99. The lowest BCUT2D eigenvalue weighted by Gasteiger charge is -2.22. The van der Waals surface area contributed by atoms with E-state index in [1.165, 1.54) is 38.2 Å². The third kappa shape index (κ3) is 4.97. The van der Waals surface area contributed by atoms with Gasteiger partial charge in [-0.3, -0.25) is 0 Å². The first-order chi connectivity index (χ1) is 9.15. The molecule has 1 atom stereocenters.